The van der Waals surface area contributed by atoms with Crippen molar-refractivity contribution in [2.24, 2.45) is 0 Å². The minimum Gasteiger partial charge on any atom is -0.294 e. The summed E-state index contributed by atoms with van der Waals surface area (Å²) in [4.78, 5) is 16.6. The van der Waals surface area contributed by atoms with Gasteiger partial charge in [0.05, 0.1) is 5.52 Å². The Kier molecular flexibility index (Phi) is 3.70. The summed E-state index contributed by atoms with van der Waals surface area (Å²) in [5, 5.41) is 0.975. The van der Waals surface area contributed by atoms with Gasteiger partial charge in [-0.1, -0.05) is 33.8 Å². The molecule has 0 radical (unpaired) electrons. The van der Waals surface area contributed by atoms with Crippen LogP contribution in [0.1, 0.15) is 68.1 Å². The predicted octanol–water partition coefficient (Wildman–Crippen LogP) is 4.68. The van der Waals surface area contributed by atoms with Crippen molar-refractivity contribution in [1.29, 1.82) is 0 Å². The summed E-state index contributed by atoms with van der Waals surface area (Å²) in [5.74, 6) is 0.886. The van der Waals surface area contributed by atoms with E-state index in [-0.39, 0.29) is 5.78 Å². The van der Waals surface area contributed by atoms with E-state index < -0.39 is 0 Å². The van der Waals surface area contributed by atoms with Gasteiger partial charge < -0.3 is 0 Å². The van der Waals surface area contributed by atoms with Crippen LogP contribution in [0.4, 0.5) is 0 Å². The number of carbonyl (C=O) groups excluding carboxylic acids is 1. The second-order valence-electron chi connectivity index (χ2n) is 5.74. The van der Waals surface area contributed by atoms with E-state index in [1.165, 1.54) is 5.56 Å². The lowest BCUT2D eigenvalue weighted by molar-refractivity contribution is 0.101. The quantitative estimate of drug-likeness (QED) is 0.745. The number of carbonyl (C=O) groups is 1. The Balaban J connectivity index is 2.76. The molecule has 0 saturated heterocycles. The molecule has 100 valence electrons. The van der Waals surface area contributed by atoms with Gasteiger partial charge in [0.15, 0.2) is 5.78 Å². The van der Waals surface area contributed by atoms with Gasteiger partial charge >= 0.3 is 0 Å². The maximum Gasteiger partial charge on any atom is 0.160 e. The summed E-state index contributed by atoms with van der Waals surface area (Å²) in [6, 6.07) is 8.18. The predicted molar refractivity (Wildman–Crippen MR) is 79.9 cm³/mol. The van der Waals surface area contributed by atoms with Gasteiger partial charge in [-0.2, -0.15) is 0 Å². The van der Waals surface area contributed by atoms with E-state index in [1.54, 1.807) is 6.92 Å². The first-order valence-corrected chi connectivity index (χ1v) is 6.85. The van der Waals surface area contributed by atoms with Crippen LogP contribution in [0, 0.1) is 0 Å². The third-order valence-electron chi connectivity index (χ3n) is 3.49. The Bertz CT molecular complexity index is 626. The Morgan fingerprint density at radius 2 is 1.74 bits per heavy atom. The van der Waals surface area contributed by atoms with Gasteiger partial charge in [0.2, 0.25) is 0 Å². The summed E-state index contributed by atoms with van der Waals surface area (Å²) in [5.41, 5.74) is 3.93. The molecule has 2 nitrogen and oxygen atoms in total. The van der Waals surface area contributed by atoms with Gasteiger partial charge in [-0.25, -0.2) is 0 Å². The summed E-state index contributed by atoms with van der Waals surface area (Å²) in [6.07, 6.45) is 0. The zero-order chi connectivity index (χ0) is 14.2. The Labute approximate surface area is 114 Å². The van der Waals surface area contributed by atoms with Gasteiger partial charge in [-0.05, 0) is 42.5 Å². The maximum absolute atomic E-state index is 11.9. The van der Waals surface area contributed by atoms with Crippen molar-refractivity contribution < 1.29 is 4.79 Å². The van der Waals surface area contributed by atoms with Crippen LogP contribution in [0.3, 0.4) is 0 Å². The molecule has 0 aliphatic carbocycles. The summed E-state index contributed by atoms with van der Waals surface area (Å²) in [6.45, 7) is 10.1. The van der Waals surface area contributed by atoms with E-state index in [0.29, 0.717) is 11.8 Å². The Morgan fingerprint density at radius 1 is 1.05 bits per heavy atom. The fourth-order valence-electron chi connectivity index (χ4n) is 2.21. The highest BCUT2D eigenvalue weighted by atomic mass is 16.1. The smallest absolute Gasteiger partial charge is 0.160 e. The number of fused-ring (bicyclic) bond motifs is 1. The molecule has 2 rings (SSSR count). The molecule has 0 amide bonds. The van der Waals surface area contributed by atoms with Crippen molar-refractivity contribution in [1.82, 2.24) is 4.98 Å². The van der Waals surface area contributed by atoms with Crippen LogP contribution in [-0.2, 0) is 0 Å². The first-order chi connectivity index (χ1) is 8.90. The van der Waals surface area contributed by atoms with Crippen molar-refractivity contribution in [3.63, 3.8) is 0 Å². The minimum atomic E-state index is 0.107. The summed E-state index contributed by atoms with van der Waals surface area (Å²) >= 11 is 0. The average Bonchev–Trinajstić information content (AvgIpc) is 2.36. The van der Waals surface area contributed by atoms with E-state index in [2.05, 4.69) is 44.8 Å². The fourth-order valence-corrected chi connectivity index (χ4v) is 2.21. The lowest BCUT2D eigenvalue weighted by atomic mass is 9.96. The molecule has 0 saturated carbocycles. The second kappa shape index (κ2) is 5.12. The normalized spacial score (nSPS) is 11.5. The Morgan fingerprint density at radius 3 is 2.26 bits per heavy atom. The lowest BCUT2D eigenvalue weighted by Crippen LogP contribution is -2.02. The van der Waals surface area contributed by atoms with Gasteiger partial charge in [-0.15, -0.1) is 0 Å². The van der Waals surface area contributed by atoms with Crippen molar-refractivity contribution in [2.45, 2.75) is 46.5 Å². The van der Waals surface area contributed by atoms with Gasteiger partial charge in [0, 0.05) is 16.6 Å². The monoisotopic (exact) mass is 255 g/mol. The molecule has 1 aromatic carbocycles. The van der Waals surface area contributed by atoms with E-state index in [1.807, 2.05) is 12.1 Å². The van der Waals surface area contributed by atoms with Crippen molar-refractivity contribution in [3.05, 3.63) is 41.1 Å². The number of ketones is 1. The molecule has 0 bridgehead atoms. The van der Waals surface area contributed by atoms with Crippen LogP contribution in [0.15, 0.2) is 24.3 Å². The molecule has 0 N–H and O–H groups in total. The van der Waals surface area contributed by atoms with Gasteiger partial charge in [0.25, 0.3) is 0 Å². The lowest BCUT2D eigenvalue weighted by Gasteiger charge is -2.12. The molecule has 2 aromatic rings. The zero-order valence-electron chi connectivity index (χ0n) is 12.3. The van der Waals surface area contributed by atoms with Crippen LogP contribution in [0.2, 0.25) is 0 Å². The van der Waals surface area contributed by atoms with Gasteiger partial charge in [0.1, 0.15) is 0 Å². The first-order valence-electron chi connectivity index (χ1n) is 6.85. The molecule has 2 heteroatoms. The molecule has 1 aromatic heterocycles. The third-order valence-corrected chi connectivity index (χ3v) is 3.49. The number of nitrogens with zero attached hydrogens (tertiary/aromatic N) is 1. The molecule has 0 aliphatic heterocycles. The average molecular weight is 255 g/mol. The molecule has 0 spiro atoms. The SMILES string of the molecule is CC(=O)c1cc(C(C)C)nc2ccc(C(C)C)cc12. The third kappa shape index (κ3) is 2.67. The first kappa shape index (κ1) is 13.7. The van der Waals surface area contributed by atoms with Crippen LogP contribution in [-0.4, -0.2) is 10.8 Å². The topological polar surface area (TPSA) is 30.0 Å². The maximum atomic E-state index is 11.9. The fraction of sp³-hybridized carbons (Fsp3) is 0.412. The van der Waals surface area contributed by atoms with E-state index in [0.717, 1.165) is 22.2 Å². The summed E-state index contributed by atoms with van der Waals surface area (Å²) in [7, 11) is 0. The highest BCUT2D eigenvalue weighted by Gasteiger charge is 2.12. The van der Waals surface area contributed by atoms with E-state index in [4.69, 9.17) is 0 Å². The molecular weight excluding hydrogens is 234 g/mol. The largest absolute Gasteiger partial charge is 0.294 e. The number of hydrogen-bond acceptors (Lipinski definition) is 2. The zero-order valence-corrected chi connectivity index (χ0v) is 12.3. The molecule has 0 unspecified atom stereocenters. The van der Waals surface area contributed by atoms with Crippen LogP contribution in [0.5, 0.6) is 0 Å². The van der Waals surface area contributed by atoms with Crippen LogP contribution in [0.25, 0.3) is 10.9 Å². The minimum absolute atomic E-state index is 0.107. The molecule has 0 aliphatic rings. The number of hydrogen-bond donors (Lipinski definition) is 0. The molecule has 0 atom stereocenters. The number of Topliss-reactive ketones (excluding diaryl/α,β-unsaturated/α-hetero) is 1. The highest BCUT2D eigenvalue weighted by Crippen LogP contribution is 2.26. The molecule has 1 heterocycles. The van der Waals surface area contributed by atoms with Gasteiger partial charge in [-0.3, -0.25) is 9.78 Å². The van der Waals surface area contributed by atoms with Crippen molar-refractivity contribution in [2.75, 3.05) is 0 Å². The van der Waals surface area contributed by atoms with E-state index >= 15 is 0 Å². The van der Waals surface area contributed by atoms with Crippen LogP contribution < -0.4 is 0 Å². The number of aromatic nitrogens is 1. The van der Waals surface area contributed by atoms with Crippen LogP contribution >= 0.6 is 0 Å². The molecular formula is C17H21NO. The van der Waals surface area contributed by atoms with Crippen molar-refractivity contribution in [3.8, 4) is 0 Å². The second-order valence-corrected chi connectivity index (χ2v) is 5.74. The van der Waals surface area contributed by atoms with Crippen molar-refractivity contribution >= 4 is 16.7 Å². The standard InChI is InChI=1S/C17H21NO/c1-10(2)13-6-7-16-15(8-13)14(12(5)19)9-17(18-16)11(3)4/h6-11H,1-5H3. The Hall–Kier alpha value is -1.70. The van der Waals surface area contributed by atoms with E-state index in [9.17, 15) is 4.79 Å². The number of pyridine rings is 1. The molecule has 19 heavy (non-hydrogen) atoms. The number of rotatable bonds is 3. The summed E-state index contributed by atoms with van der Waals surface area (Å²) < 4.78 is 0. The number of benzene rings is 1. The molecule has 0 fully saturated rings. The highest BCUT2D eigenvalue weighted by molar-refractivity contribution is 6.06.